The molecule has 196 valence electrons. The van der Waals surface area contributed by atoms with E-state index < -0.39 is 5.60 Å². The topological polar surface area (TPSA) is 91.2 Å². The van der Waals surface area contributed by atoms with Crippen molar-refractivity contribution in [3.05, 3.63) is 41.5 Å². The lowest BCUT2D eigenvalue weighted by Gasteiger charge is -2.59. The van der Waals surface area contributed by atoms with Crippen LogP contribution in [0.3, 0.4) is 0 Å². The fourth-order valence-electron chi connectivity index (χ4n) is 8.12. The van der Waals surface area contributed by atoms with Crippen molar-refractivity contribution in [2.75, 3.05) is 13.2 Å². The van der Waals surface area contributed by atoms with E-state index >= 15 is 0 Å². The third-order valence-electron chi connectivity index (χ3n) is 10.6. The molecule has 3 saturated carbocycles. The van der Waals surface area contributed by atoms with Crippen molar-refractivity contribution < 1.29 is 19.8 Å². The lowest BCUT2D eigenvalue weighted by atomic mass is 9.46. The van der Waals surface area contributed by atoms with E-state index in [1.165, 1.54) is 18.4 Å². The molecule has 6 nitrogen and oxygen atoms in total. The molecule has 36 heavy (non-hydrogen) atoms. The predicted octanol–water partition coefficient (Wildman–Crippen LogP) is 5.14. The number of benzene rings is 1. The number of hydrogen-bond donors (Lipinski definition) is 3. The Labute approximate surface area is 215 Å². The fourth-order valence-corrected chi connectivity index (χ4v) is 8.12. The smallest absolute Gasteiger partial charge is 0.260 e. The summed E-state index contributed by atoms with van der Waals surface area (Å²) in [5.74, 6) is 2.09. The molecule has 0 bridgehead atoms. The summed E-state index contributed by atoms with van der Waals surface area (Å²) in [7, 11) is 0. The van der Waals surface area contributed by atoms with Gasteiger partial charge in [-0.2, -0.15) is 0 Å². The molecule has 5 rings (SSSR count). The molecule has 0 aromatic heterocycles. The zero-order chi connectivity index (χ0) is 25.6. The van der Waals surface area contributed by atoms with E-state index in [0.717, 1.165) is 49.8 Å². The molecular weight excluding hydrogens is 452 g/mol. The van der Waals surface area contributed by atoms with Gasteiger partial charge in [-0.3, -0.25) is 4.79 Å². The van der Waals surface area contributed by atoms with Gasteiger partial charge in [0.2, 0.25) is 0 Å². The molecule has 4 aliphatic carbocycles. The molecule has 0 heterocycles. The molecule has 1 aromatic rings. The molecule has 0 saturated heterocycles. The van der Waals surface area contributed by atoms with Crippen LogP contribution in [0.25, 0.3) is 0 Å². The van der Waals surface area contributed by atoms with E-state index in [2.05, 4.69) is 37.3 Å². The number of rotatable bonds is 6. The van der Waals surface area contributed by atoms with Gasteiger partial charge < -0.3 is 20.4 Å². The number of carbonyl (C=O) groups is 1. The van der Waals surface area contributed by atoms with Crippen LogP contribution in [0.15, 0.2) is 41.1 Å². The van der Waals surface area contributed by atoms with Crippen LogP contribution in [0.2, 0.25) is 0 Å². The fraction of sp³-hybridized carbons (Fsp3) is 0.667. The Hall–Kier alpha value is -2.34. The van der Waals surface area contributed by atoms with Crippen LogP contribution >= 0.6 is 0 Å². The number of hydrogen-bond acceptors (Lipinski definition) is 5. The summed E-state index contributed by atoms with van der Waals surface area (Å²) in [4.78, 5) is 17.6. The van der Waals surface area contributed by atoms with Crippen LogP contribution in [-0.4, -0.2) is 40.6 Å². The summed E-state index contributed by atoms with van der Waals surface area (Å²) < 4.78 is 0. The van der Waals surface area contributed by atoms with Gasteiger partial charge in [-0.1, -0.05) is 36.7 Å². The van der Waals surface area contributed by atoms with Crippen molar-refractivity contribution in [3.63, 3.8) is 0 Å². The number of aromatic hydroxyl groups is 1. The Morgan fingerprint density at radius 2 is 1.81 bits per heavy atom. The van der Waals surface area contributed by atoms with Crippen LogP contribution in [0, 0.1) is 28.6 Å². The quantitative estimate of drug-likeness (QED) is 0.478. The second kappa shape index (κ2) is 9.51. The molecule has 4 aliphatic rings. The maximum atomic E-state index is 12.1. The number of fused-ring (bicyclic) bond motifs is 5. The summed E-state index contributed by atoms with van der Waals surface area (Å²) in [6.07, 6.45) is 11.7. The Morgan fingerprint density at radius 3 is 2.58 bits per heavy atom. The molecular formula is C30H42N2O4. The van der Waals surface area contributed by atoms with Crippen molar-refractivity contribution in [1.82, 2.24) is 5.32 Å². The molecule has 0 radical (unpaired) electrons. The number of aliphatic hydroxyl groups is 1. The highest BCUT2D eigenvalue weighted by Crippen LogP contribution is 2.67. The van der Waals surface area contributed by atoms with Crippen molar-refractivity contribution in [2.24, 2.45) is 33.7 Å². The normalized spacial score (nSPS) is 38.5. The average molecular weight is 495 g/mol. The number of phenols is 1. The maximum absolute atomic E-state index is 12.1. The minimum Gasteiger partial charge on any atom is -0.508 e. The number of amides is 1. The van der Waals surface area contributed by atoms with Crippen molar-refractivity contribution in [1.29, 1.82) is 0 Å². The Kier molecular flexibility index (Phi) is 6.69. The van der Waals surface area contributed by atoms with Crippen LogP contribution in [0.1, 0.15) is 77.7 Å². The minimum absolute atomic E-state index is 0.0610. The van der Waals surface area contributed by atoms with Gasteiger partial charge in [0, 0.05) is 6.54 Å². The number of oxime groups is 1. The number of allylic oxidation sites excluding steroid dienone is 2. The van der Waals surface area contributed by atoms with Crippen LogP contribution in [0.5, 0.6) is 5.75 Å². The van der Waals surface area contributed by atoms with E-state index in [4.69, 9.17) is 4.84 Å². The summed E-state index contributed by atoms with van der Waals surface area (Å²) >= 11 is 0. The predicted molar refractivity (Wildman–Crippen MR) is 141 cm³/mol. The molecule has 6 heteroatoms. The third kappa shape index (κ3) is 4.46. The molecule has 1 aromatic carbocycles. The van der Waals surface area contributed by atoms with E-state index in [9.17, 15) is 15.0 Å². The third-order valence-corrected chi connectivity index (χ3v) is 10.6. The molecule has 0 unspecified atom stereocenters. The lowest BCUT2D eigenvalue weighted by molar-refractivity contribution is -0.125. The van der Waals surface area contributed by atoms with Gasteiger partial charge in [0.1, 0.15) is 5.75 Å². The van der Waals surface area contributed by atoms with Crippen LogP contribution in [0.4, 0.5) is 0 Å². The molecule has 3 N–H and O–H groups in total. The van der Waals surface area contributed by atoms with Crippen molar-refractivity contribution in [2.45, 2.75) is 84.2 Å². The number of nitrogens with one attached hydrogen (secondary N) is 1. The van der Waals surface area contributed by atoms with E-state index in [0.29, 0.717) is 30.7 Å². The minimum atomic E-state index is -0.527. The Bertz CT molecular complexity index is 1050. The van der Waals surface area contributed by atoms with Gasteiger partial charge in [0.15, 0.2) is 6.61 Å². The summed E-state index contributed by atoms with van der Waals surface area (Å²) in [6, 6.07) is 7.00. The maximum Gasteiger partial charge on any atom is 0.260 e. The lowest BCUT2D eigenvalue weighted by Crippen LogP contribution is -2.53. The van der Waals surface area contributed by atoms with E-state index in [1.807, 2.05) is 12.1 Å². The number of carbonyl (C=O) groups excluding carboxylic acids is 1. The van der Waals surface area contributed by atoms with Crippen molar-refractivity contribution >= 4 is 11.6 Å². The van der Waals surface area contributed by atoms with Gasteiger partial charge in [0.25, 0.3) is 5.91 Å². The first-order valence-corrected chi connectivity index (χ1v) is 13.8. The first-order chi connectivity index (χ1) is 17.1. The SMILES string of the molecule is C[C@]12CCC(=NOCC(=O)NCCc3ccc(O)cc3)C=C1CC[C@@H]1[C@@H]2CC[C@@]2(C)[C@H]1CC[C@]2(C)O. The highest BCUT2D eigenvalue weighted by Gasteiger charge is 2.62. The van der Waals surface area contributed by atoms with E-state index in [1.54, 1.807) is 12.1 Å². The Morgan fingerprint density at radius 1 is 1.06 bits per heavy atom. The van der Waals surface area contributed by atoms with Gasteiger partial charge in [0.05, 0.1) is 11.3 Å². The zero-order valence-electron chi connectivity index (χ0n) is 22.1. The standard InChI is InChI=1S/C30H42N2O4/c1-28-14-10-22(32-36-19-27(34)31-17-13-20-4-7-23(33)8-5-20)18-21(28)6-9-24-25(28)11-15-29(2)26(24)12-16-30(29,3)35/h4-5,7-8,18,24-26,33,35H,6,9-17,19H2,1-3H3,(H,31,34)/t24-,25+,26+,28+,29+,30+/m1/s1. The van der Waals surface area contributed by atoms with Crippen LogP contribution < -0.4 is 5.32 Å². The summed E-state index contributed by atoms with van der Waals surface area (Å²) in [6.45, 7) is 7.32. The monoisotopic (exact) mass is 494 g/mol. The Balaban J connectivity index is 1.15. The summed E-state index contributed by atoms with van der Waals surface area (Å²) in [5.41, 5.74) is 3.25. The second-order valence-corrected chi connectivity index (χ2v) is 12.4. The van der Waals surface area contributed by atoms with Gasteiger partial charge >= 0.3 is 0 Å². The molecule has 6 atom stereocenters. The average Bonchev–Trinajstić information content (AvgIpc) is 3.09. The van der Waals surface area contributed by atoms with Crippen LogP contribution in [-0.2, 0) is 16.1 Å². The second-order valence-electron chi connectivity index (χ2n) is 12.4. The zero-order valence-corrected chi connectivity index (χ0v) is 22.1. The van der Waals surface area contributed by atoms with Crippen molar-refractivity contribution in [3.8, 4) is 5.75 Å². The summed E-state index contributed by atoms with van der Waals surface area (Å²) in [5, 5.41) is 27.7. The highest BCUT2D eigenvalue weighted by atomic mass is 16.6. The molecule has 0 aliphatic heterocycles. The van der Waals surface area contributed by atoms with Gasteiger partial charge in [-0.15, -0.1) is 0 Å². The number of phenolic OH excluding ortho intramolecular Hbond substituents is 1. The first-order valence-electron chi connectivity index (χ1n) is 13.8. The molecule has 3 fully saturated rings. The molecule has 1 amide bonds. The number of nitrogens with zero attached hydrogens (tertiary/aromatic N) is 1. The van der Waals surface area contributed by atoms with Gasteiger partial charge in [-0.25, -0.2) is 0 Å². The van der Waals surface area contributed by atoms with E-state index in [-0.39, 0.29) is 29.1 Å². The van der Waals surface area contributed by atoms with Gasteiger partial charge in [-0.05, 0) is 117 Å². The largest absolute Gasteiger partial charge is 0.508 e. The highest BCUT2D eigenvalue weighted by molar-refractivity contribution is 5.96. The molecule has 0 spiro atoms. The first kappa shape index (κ1) is 25.3.